The summed E-state index contributed by atoms with van der Waals surface area (Å²) in [4.78, 5) is 22.4. The van der Waals surface area contributed by atoms with E-state index in [-0.39, 0.29) is 6.03 Å². The smallest absolute Gasteiger partial charge is 0.321 e. The van der Waals surface area contributed by atoms with Crippen molar-refractivity contribution in [1.29, 1.82) is 0 Å². The number of hydrogen-bond acceptors (Lipinski definition) is 3. The van der Waals surface area contributed by atoms with Crippen LogP contribution in [0.3, 0.4) is 0 Å². The van der Waals surface area contributed by atoms with Crippen LogP contribution in [0.4, 0.5) is 10.5 Å². The third-order valence-electron chi connectivity index (χ3n) is 7.10. The van der Waals surface area contributed by atoms with Gasteiger partial charge in [0, 0.05) is 60.9 Å². The number of nitrogens with zero attached hydrogens (tertiary/aromatic N) is 4. The molecule has 1 aromatic carbocycles. The van der Waals surface area contributed by atoms with Crippen LogP contribution in [-0.4, -0.2) is 56.6 Å². The number of carbonyl (C=O) groups is 1. The van der Waals surface area contributed by atoms with Gasteiger partial charge in [-0.3, -0.25) is 4.90 Å². The van der Waals surface area contributed by atoms with Crippen LogP contribution in [0.1, 0.15) is 51.6 Å². The highest BCUT2D eigenvalue weighted by molar-refractivity contribution is 5.90. The van der Waals surface area contributed by atoms with E-state index in [0.717, 1.165) is 49.6 Å². The maximum atomic E-state index is 13.1. The maximum Gasteiger partial charge on any atom is 0.321 e. The van der Waals surface area contributed by atoms with Gasteiger partial charge in [0.25, 0.3) is 0 Å². The molecule has 0 saturated carbocycles. The lowest BCUT2D eigenvalue weighted by Gasteiger charge is -2.32. The lowest BCUT2D eigenvalue weighted by atomic mass is 10.1. The Balaban J connectivity index is 1.30. The number of carbonyl (C=O) groups excluding carboxylic acids is 1. The number of aromatic nitrogens is 2. The number of benzene rings is 1. The zero-order valence-corrected chi connectivity index (χ0v) is 18.2. The zero-order valence-electron chi connectivity index (χ0n) is 18.2. The predicted molar refractivity (Wildman–Crippen MR) is 120 cm³/mol. The van der Waals surface area contributed by atoms with E-state index in [1.165, 1.54) is 31.4 Å². The van der Waals surface area contributed by atoms with Crippen molar-refractivity contribution in [1.82, 2.24) is 19.4 Å². The van der Waals surface area contributed by atoms with Crippen molar-refractivity contribution in [3.05, 3.63) is 36.2 Å². The highest BCUT2D eigenvalue weighted by Crippen LogP contribution is 2.32. The molecular formula is C24H33N5O. The summed E-state index contributed by atoms with van der Waals surface area (Å²) in [5.41, 5.74) is 3.24. The standard InChI is InChI=1S/C24H33N5O/c1-17(2)29-20-9-10-22(29)16-27(13-11-20)24(30)26-19-7-5-6-18(14-19)23-25-15-21-8-3-4-12-28(21)23/h5-7,14-15,17,20,22H,3-4,8-13,16H2,1-2H3,(H,26,30). The molecule has 2 fully saturated rings. The largest absolute Gasteiger partial charge is 0.328 e. The van der Waals surface area contributed by atoms with Crippen LogP contribution >= 0.6 is 0 Å². The van der Waals surface area contributed by atoms with Crippen LogP contribution in [0.2, 0.25) is 0 Å². The summed E-state index contributed by atoms with van der Waals surface area (Å²) in [6.07, 6.45) is 9.11. The first-order chi connectivity index (χ1) is 14.6. The minimum absolute atomic E-state index is 0.0218. The van der Waals surface area contributed by atoms with Gasteiger partial charge in [0.05, 0.1) is 0 Å². The van der Waals surface area contributed by atoms with E-state index in [1.54, 1.807) is 0 Å². The second-order valence-corrected chi connectivity index (χ2v) is 9.35. The first kappa shape index (κ1) is 19.6. The lowest BCUT2D eigenvalue weighted by Crippen LogP contribution is -2.45. The van der Waals surface area contributed by atoms with Gasteiger partial charge in [-0.05, 0) is 64.5 Å². The van der Waals surface area contributed by atoms with Gasteiger partial charge in [-0.1, -0.05) is 12.1 Å². The summed E-state index contributed by atoms with van der Waals surface area (Å²) in [5, 5.41) is 3.16. The molecule has 0 spiro atoms. The van der Waals surface area contributed by atoms with E-state index in [2.05, 4.69) is 45.7 Å². The van der Waals surface area contributed by atoms with Crippen molar-refractivity contribution in [2.45, 2.75) is 77.0 Å². The van der Waals surface area contributed by atoms with Crippen LogP contribution < -0.4 is 5.32 Å². The van der Waals surface area contributed by atoms with Gasteiger partial charge in [0.2, 0.25) is 0 Å². The molecule has 1 N–H and O–H groups in total. The van der Waals surface area contributed by atoms with E-state index >= 15 is 0 Å². The quantitative estimate of drug-likeness (QED) is 0.822. The minimum atomic E-state index is 0.0218. The third kappa shape index (κ3) is 3.62. The highest BCUT2D eigenvalue weighted by atomic mass is 16.2. The Hall–Kier alpha value is -2.34. The number of imidazole rings is 1. The summed E-state index contributed by atoms with van der Waals surface area (Å²) in [6, 6.07) is 9.83. The fourth-order valence-electron chi connectivity index (χ4n) is 5.74. The number of aryl methyl sites for hydroxylation is 1. The molecule has 2 unspecified atom stereocenters. The van der Waals surface area contributed by atoms with Crippen molar-refractivity contribution in [3.8, 4) is 11.4 Å². The first-order valence-corrected chi connectivity index (χ1v) is 11.6. The number of rotatable bonds is 3. The van der Waals surface area contributed by atoms with E-state index in [0.29, 0.717) is 18.1 Å². The molecular weight excluding hydrogens is 374 g/mol. The van der Waals surface area contributed by atoms with Gasteiger partial charge < -0.3 is 14.8 Å². The van der Waals surface area contributed by atoms with Crippen molar-refractivity contribution in [2.75, 3.05) is 18.4 Å². The van der Waals surface area contributed by atoms with Crippen molar-refractivity contribution >= 4 is 11.7 Å². The second kappa shape index (κ2) is 8.06. The Morgan fingerprint density at radius 2 is 2.00 bits per heavy atom. The van der Waals surface area contributed by atoms with Gasteiger partial charge in [-0.2, -0.15) is 0 Å². The second-order valence-electron chi connectivity index (χ2n) is 9.35. The molecule has 30 heavy (non-hydrogen) atoms. The Bertz CT molecular complexity index is 920. The van der Waals surface area contributed by atoms with Crippen LogP contribution in [0.5, 0.6) is 0 Å². The van der Waals surface area contributed by atoms with E-state index in [9.17, 15) is 4.79 Å². The zero-order chi connectivity index (χ0) is 20.7. The van der Waals surface area contributed by atoms with Crippen molar-refractivity contribution in [3.63, 3.8) is 0 Å². The Kier molecular flexibility index (Phi) is 5.27. The van der Waals surface area contributed by atoms with Crippen LogP contribution in [-0.2, 0) is 13.0 Å². The molecule has 3 aliphatic heterocycles. The Labute approximate surface area is 179 Å². The van der Waals surface area contributed by atoms with Crippen molar-refractivity contribution in [2.24, 2.45) is 0 Å². The predicted octanol–water partition coefficient (Wildman–Crippen LogP) is 4.37. The topological polar surface area (TPSA) is 53.4 Å². The summed E-state index contributed by atoms with van der Waals surface area (Å²) < 4.78 is 2.33. The molecule has 160 valence electrons. The van der Waals surface area contributed by atoms with Crippen LogP contribution in [0.25, 0.3) is 11.4 Å². The fraction of sp³-hybridized carbons (Fsp3) is 0.583. The number of hydrogen-bond donors (Lipinski definition) is 1. The number of amides is 2. The molecule has 2 amide bonds. The normalized spacial score (nSPS) is 24.0. The van der Waals surface area contributed by atoms with E-state index in [4.69, 9.17) is 0 Å². The van der Waals surface area contributed by atoms with Gasteiger partial charge in [0.1, 0.15) is 5.82 Å². The molecule has 2 atom stereocenters. The average Bonchev–Trinajstić information content (AvgIpc) is 3.28. The highest BCUT2D eigenvalue weighted by Gasteiger charge is 2.39. The number of nitrogens with one attached hydrogen (secondary N) is 1. The van der Waals surface area contributed by atoms with Crippen LogP contribution in [0, 0.1) is 0 Å². The number of likely N-dealkylation sites (tertiary alicyclic amines) is 1. The molecule has 5 rings (SSSR count). The monoisotopic (exact) mass is 407 g/mol. The molecule has 0 radical (unpaired) electrons. The molecule has 6 heteroatoms. The molecule has 0 aliphatic carbocycles. The summed E-state index contributed by atoms with van der Waals surface area (Å²) in [7, 11) is 0. The third-order valence-corrected chi connectivity index (χ3v) is 7.10. The molecule has 6 nitrogen and oxygen atoms in total. The van der Waals surface area contributed by atoms with Crippen molar-refractivity contribution < 1.29 is 4.79 Å². The molecule has 4 heterocycles. The number of urea groups is 1. The maximum absolute atomic E-state index is 13.1. The van der Waals surface area contributed by atoms with Gasteiger partial charge in [0.15, 0.2) is 0 Å². The van der Waals surface area contributed by atoms with E-state index in [1.807, 2.05) is 23.2 Å². The first-order valence-electron chi connectivity index (χ1n) is 11.6. The average molecular weight is 408 g/mol. The molecule has 2 saturated heterocycles. The number of anilines is 1. The number of fused-ring (bicyclic) bond motifs is 3. The minimum Gasteiger partial charge on any atom is -0.328 e. The molecule has 2 bridgehead atoms. The Morgan fingerprint density at radius 1 is 1.13 bits per heavy atom. The molecule has 3 aliphatic rings. The molecule has 2 aromatic rings. The fourth-order valence-corrected chi connectivity index (χ4v) is 5.74. The van der Waals surface area contributed by atoms with Gasteiger partial charge in [-0.25, -0.2) is 9.78 Å². The van der Waals surface area contributed by atoms with Gasteiger partial charge >= 0.3 is 6.03 Å². The van der Waals surface area contributed by atoms with Gasteiger partial charge in [-0.15, -0.1) is 0 Å². The van der Waals surface area contributed by atoms with E-state index < -0.39 is 0 Å². The summed E-state index contributed by atoms with van der Waals surface area (Å²) in [6.45, 7) is 7.25. The van der Waals surface area contributed by atoms with Crippen LogP contribution in [0.15, 0.2) is 30.5 Å². The summed E-state index contributed by atoms with van der Waals surface area (Å²) >= 11 is 0. The Morgan fingerprint density at radius 3 is 2.87 bits per heavy atom. The SMILES string of the molecule is CC(C)N1C2CCC1CN(C(=O)Nc1cccc(-c3ncc4n3CCCC4)c1)CC2. The molecule has 1 aromatic heterocycles. The summed E-state index contributed by atoms with van der Waals surface area (Å²) in [5.74, 6) is 1.01. The lowest BCUT2D eigenvalue weighted by molar-refractivity contribution is 0.149.